The first-order chi connectivity index (χ1) is 17.1. The second-order valence-electron chi connectivity index (χ2n) is 10.2. The number of nitrogens with zero attached hydrogens (tertiary/aromatic N) is 2. The van der Waals surface area contributed by atoms with Crippen LogP contribution in [0.2, 0.25) is 0 Å². The van der Waals surface area contributed by atoms with E-state index >= 15 is 0 Å². The van der Waals surface area contributed by atoms with Gasteiger partial charge in [-0.15, -0.1) is 0 Å². The van der Waals surface area contributed by atoms with Crippen LogP contribution in [0.4, 0.5) is 11.4 Å². The van der Waals surface area contributed by atoms with Crippen molar-refractivity contribution in [3.8, 4) is 5.75 Å². The van der Waals surface area contributed by atoms with Crippen molar-refractivity contribution < 1.29 is 13.2 Å². The van der Waals surface area contributed by atoms with Gasteiger partial charge in [0.2, 0.25) is 0 Å². The number of quaternary nitrogens is 1. The molecule has 6 nitrogen and oxygen atoms in total. The maximum Gasteiger partial charge on any atom is 0.188 e. The van der Waals surface area contributed by atoms with E-state index in [4.69, 9.17) is 16.3 Å². The molecule has 0 bridgehead atoms. The van der Waals surface area contributed by atoms with Crippen LogP contribution in [-0.4, -0.2) is 44.7 Å². The molecule has 1 fully saturated rings. The van der Waals surface area contributed by atoms with Gasteiger partial charge in [0.15, 0.2) is 33.6 Å². The first kappa shape index (κ1) is 26.9. The molecule has 2 aromatic rings. The third kappa shape index (κ3) is 5.12. The van der Waals surface area contributed by atoms with Crippen molar-refractivity contribution in [3.05, 3.63) is 59.8 Å². The highest BCUT2D eigenvalue weighted by molar-refractivity contribution is 7.92. The molecule has 0 radical (unpaired) electrons. The summed E-state index contributed by atoms with van der Waals surface area (Å²) in [6, 6.07) is 11.6. The molecule has 2 aliphatic rings. The van der Waals surface area contributed by atoms with Crippen LogP contribution < -0.4 is 14.5 Å². The summed E-state index contributed by atoms with van der Waals surface area (Å²) in [7, 11) is -3.57. The molecule has 1 unspecified atom stereocenters. The third-order valence-electron chi connectivity index (χ3n) is 7.05. The van der Waals surface area contributed by atoms with Crippen molar-refractivity contribution in [1.82, 2.24) is 9.80 Å². The number of hydrogen-bond acceptors (Lipinski definition) is 5. The number of halogens is 1. The second kappa shape index (κ2) is 10.7. The van der Waals surface area contributed by atoms with Gasteiger partial charge in [-0.05, 0) is 89.7 Å². The van der Waals surface area contributed by atoms with Crippen molar-refractivity contribution in [1.29, 1.82) is 0 Å². The lowest BCUT2D eigenvalue weighted by atomic mass is 9.86. The fraction of sp³-hybridized carbons (Fsp3) is 0.464. The molecule has 36 heavy (non-hydrogen) atoms. The zero-order chi connectivity index (χ0) is 26.1. The van der Waals surface area contributed by atoms with Gasteiger partial charge in [-0.25, -0.2) is 17.9 Å². The summed E-state index contributed by atoms with van der Waals surface area (Å²) in [5.41, 5.74) is 3.95. The molecule has 0 aromatic heterocycles. The van der Waals surface area contributed by atoms with E-state index in [9.17, 15) is 8.42 Å². The topological polar surface area (TPSA) is 67.8 Å². The van der Waals surface area contributed by atoms with Gasteiger partial charge in [-0.2, -0.15) is 0 Å². The van der Waals surface area contributed by atoms with Crippen molar-refractivity contribution in [2.75, 3.05) is 19.8 Å². The molecule has 1 N–H and O–H groups in total. The Kier molecular flexibility index (Phi) is 7.95. The zero-order valence-corrected chi connectivity index (χ0v) is 23.4. The average Bonchev–Trinajstić information content (AvgIpc) is 2.86. The van der Waals surface area contributed by atoms with Gasteiger partial charge in [-0.1, -0.05) is 23.7 Å². The number of piperidine rings is 1. The Morgan fingerprint density at radius 3 is 2.39 bits per heavy atom. The summed E-state index contributed by atoms with van der Waals surface area (Å²) in [6.07, 6.45) is 5.80. The number of aliphatic imine (C=N–C) groups is 1. The lowest BCUT2D eigenvalue weighted by molar-refractivity contribution is 0.238. The first-order valence-electron chi connectivity index (χ1n) is 12.7. The van der Waals surface area contributed by atoms with Gasteiger partial charge in [0, 0.05) is 18.2 Å². The average molecular weight is 531 g/mol. The van der Waals surface area contributed by atoms with Crippen LogP contribution in [0.3, 0.4) is 0 Å². The minimum Gasteiger partial charge on any atom is -0.485 e. The number of nitrogens with one attached hydrogen (secondary N) is 1. The van der Waals surface area contributed by atoms with E-state index in [0.29, 0.717) is 21.7 Å². The molecule has 0 saturated carbocycles. The van der Waals surface area contributed by atoms with Gasteiger partial charge in [0.1, 0.15) is 16.3 Å². The number of para-hydroxylation sites is 1. The highest BCUT2D eigenvalue weighted by atomic mass is 35.5. The number of rotatable bonds is 7. The molecule has 1 saturated heterocycles. The molecular formula is C28H37ClN3O3S+. The van der Waals surface area contributed by atoms with Crippen LogP contribution in [-0.2, 0) is 9.84 Å². The van der Waals surface area contributed by atoms with Crippen molar-refractivity contribution in [2.24, 2.45) is 4.99 Å². The van der Waals surface area contributed by atoms with Crippen LogP contribution >= 0.6 is 11.6 Å². The Labute approximate surface area is 220 Å². The maximum absolute atomic E-state index is 13.5. The third-order valence-corrected chi connectivity index (χ3v) is 9.50. The summed E-state index contributed by atoms with van der Waals surface area (Å²) in [5, 5.41) is 3.28. The van der Waals surface area contributed by atoms with Crippen LogP contribution in [0.5, 0.6) is 5.75 Å². The van der Waals surface area contributed by atoms with Crippen molar-refractivity contribution in [2.45, 2.75) is 69.6 Å². The minimum absolute atomic E-state index is 0.0529. The Morgan fingerprint density at radius 1 is 1.08 bits per heavy atom. The fourth-order valence-electron chi connectivity index (χ4n) is 5.11. The molecule has 194 valence electrons. The van der Waals surface area contributed by atoms with Crippen LogP contribution in [0, 0.1) is 6.92 Å². The largest absolute Gasteiger partial charge is 0.485 e. The Morgan fingerprint density at radius 2 is 1.78 bits per heavy atom. The highest BCUT2D eigenvalue weighted by Gasteiger charge is 2.42. The van der Waals surface area contributed by atoms with E-state index in [-0.39, 0.29) is 17.3 Å². The summed E-state index contributed by atoms with van der Waals surface area (Å²) >= 11 is 6.28. The maximum atomic E-state index is 13.5. The van der Waals surface area contributed by atoms with E-state index in [0.717, 1.165) is 37.4 Å². The molecule has 0 amide bonds. The van der Waals surface area contributed by atoms with Crippen LogP contribution in [0.15, 0.2) is 58.6 Å². The predicted molar refractivity (Wildman–Crippen MR) is 149 cm³/mol. The van der Waals surface area contributed by atoms with Gasteiger partial charge >= 0.3 is 0 Å². The zero-order valence-electron chi connectivity index (χ0n) is 21.8. The minimum atomic E-state index is -3.57. The lowest BCUT2D eigenvalue weighted by Gasteiger charge is -2.37. The first-order valence-corrected chi connectivity index (χ1v) is 14.6. The Bertz CT molecular complexity index is 1280. The molecule has 2 aromatic carbocycles. The van der Waals surface area contributed by atoms with E-state index < -0.39 is 15.1 Å². The summed E-state index contributed by atoms with van der Waals surface area (Å²) < 4.78 is 33.5. The van der Waals surface area contributed by atoms with E-state index in [1.54, 1.807) is 32.1 Å². The monoisotopic (exact) mass is 530 g/mol. The van der Waals surface area contributed by atoms with E-state index in [1.165, 1.54) is 11.1 Å². The summed E-state index contributed by atoms with van der Waals surface area (Å²) in [4.78, 5) is 4.87. The number of allylic oxidation sites excluding steroid dienone is 1. The number of ether oxygens (including phenoxy) is 1. The smallest absolute Gasteiger partial charge is 0.188 e. The normalized spacial score (nSPS) is 21.2. The molecule has 0 aliphatic carbocycles. The quantitative estimate of drug-likeness (QED) is 0.433. The van der Waals surface area contributed by atoms with Gasteiger partial charge < -0.3 is 10.1 Å². The molecule has 4 rings (SSSR count). The Balaban J connectivity index is 1.99. The number of benzene rings is 2. The second-order valence-corrected chi connectivity index (χ2v) is 13.1. The molecule has 2 aliphatic heterocycles. The van der Waals surface area contributed by atoms with E-state index in [2.05, 4.69) is 29.4 Å². The molecule has 2 heterocycles. The Hall–Kier alpha value is -2.19. The molecule has 0 spiro atoms. The highest BCUT2D eigenvalue weighted by Crippen LogP contribution is 2.48. The van der Waals surface area contributed by atoms with Crippen LogP contribution in [0.25, 0.3) is 0 Å². The molecule has 8 heteroatoms. The van der Waals surface area contributed by atoms with Crippen molar-refractivity contribution in [3.63, 3.8) is 0 Å². The number of aryl methyl sites for hydroxylation is 1. The van der Waals surface area contributed by atoms with E-state index in [1.807, 2.05) is 32.2 Å². The standard InChI is InChI=1S/C28H37ClN3O3S/c1-19(2)35-26-17-23(22-10-13-30-14-11-22)21(5)16-25(26)32(15-12-28(29)31-18-32)24-8-6-7-9-27(24)36(33,34)20(3)4/h6-9,12,15-17,19-20,22,30H,10-11,13-14,18H2,1-5H3/q+1. The number of hydrogen-bond donors (Lipinski definition) is 1. The van der Waals surface area contributed by atoms with Gasteiger partial charge in [0.25, 0.3) is 0 Å². The van der Waals surface area contributed by atoms with Gasteiger partial charge in [-0.3, -0.25) is 0 Å². The predicted octanol–water partition coefficient (Wildman–Crippen LogP) is 6.19. The SMILES string of the molecule is Cc1cc([N+]2(c3ccccc3S(=O)(=O)C(C)C)C=CC(Cl)=NC2)c(OC(C)C)cc1C1CCNCC1. The molecule has 1 atom stereocenters. The van der Waals surface area contributed by atoms with Gasteiger partial charge in [0.05, 0.1) is 11.4 Å². The fourth-order valence-corrected chi connectivity index (χ4v) is 6.52. The summed E-state index contributed by atoms with van der Waals surface area (Å²) in [6.45, 7) is 11.8. The van der Waals surface area contributed by atoms with Crippen LogP contribution in [0.1, 0.15) is 57.6 Å². The number of sulfone groups is 1. The summed E-state index contributed by atoms with van der Waals surface area (Å²) in [5.74, 6) is 1.21. The lowest BCUT2D eigenvalue weighted by Crippen LogP contribution is -2.42. The molecular weight excluding hydrogens is 494 g/mol. The van der Waals surface area contributed by atoms with Crippen molar-refractivity contribution >= 4 is 38.0 Å².